The van der Waals surface area contributed by atoms with E-state index in [-0.39, 0.29) is 23.4 Å². The molecule has 6 nitrogen and oxygen atoms in total. The minimum absolute atomic E-state index is 0.110. The van der Waals surface area contributed by atoms with Crippen LogP contribution in [-0.2, 0) is 24.4 Å². The molecule has 0 aliphatic heterocycles. The van der Waals surface area contributed by atoms with Crippen LogP contribution in [0, 0.1) is 5.92 Å². The second-order valence-electron chi connectivity index (χ2n) is 7.04. The Kier molecular flexibility index (Phi) is 5.97. The molecule has 1 saturated carbocycles. The number of thiophene rings is 1. The summed E-state index contributed by atoms with van der Waals surface area (Å²) < 4.78 is 5.33. The molecule has 150 valence electrons. The van der Waals surface area contributed by atoms with Crippen LogP contribution in [0.3, 0.4) is 0 Å². The summed E-state index contributed by atoms with van der Waals surface area (Å²) in [6.45, 7) is 1.16. The number of halogens is 1. The van der Waals surface area contributed by atoms with E-state index in [1.54, 1.807) is 34.4 Å². The number of aromatic nitrogens is 1. The molecule has 2 heterocycles. The minimum atomic E-state index is -0.335. The Morgan fingerprint density at radius 1 is 1.21 bits per heavy atom. The fraction of sp³-hybridized carbons (Fsp3) is 0.286. The molecule has 0 spiro atoms. The number of hydrogen-bond donors (Lipinski definition) is 1. The van der Waals surface area contributed by atoms with Gasteiger partial charge in [0.05, 0.1) is 13.1 Å². The Morgan fingerprint density at radius 3 is 2.79 bits per heavy atom. The van der Waals surface area contributed by atoms with Gasteiger partial charge in [0.15, 0.2) is 11.5 Å². The average Bonchev–Trinajstić information content (AvgIpc) is 3.23. The molecule has 0 saturated heterocycles. The SMILES string of the molecule is O=C(NCc1cccc(Cl)c1)c1cc(CN(Cc2cccs2)C(=O)C2CC2)on1. The van der Waals surface area contributed by atoms with Crippen LogP contribution < -0.4 is 5.32 Å². The Labute approximate surface area is 177 Å². The molecule has 0 bridgehead atoms. The highest BCUT2D eigenvalue weighted by molar-refractivity contribution is 7.09. The number of nitrogens with zero attached hydrogens (tertiary/aromatic N) is 2. The summed E-state index contributed by atoms with van der Waals surface area (Å²) in [5.41, 5.74) is 1.09. The summed E-state index contributed by atoms with van der Waals surface area (Å²) >= 11 is 7.57. The average molecular weight is 430 g/mol. The lowest BCUT2D eigenvalue weighted by Crippen LogP contribution is -2.30. The summed E-state index contributed by atoms with van der Waals surface area (Å²) in [7, 11) is 0. The van der Waals surface area contributed by atoms with Crippen LogP contribution in [0.2, 0.25) is 5.02 Å². The van der Waals surface area contributed by atoms with Gasteiger partial charge in [-0.1, -0.05) is 35.0 Å². The number of hydrogen-bond acceptors (Lipinski definition) is 5. The van der Waals surface area contributed by atoms with Crippen LogP contribution in [-0.4, -0.2) is 21.9 Å². The zero-order valence-corrected chi connectivity index (χ0v) is 17.2. The second kappa shape index (κ2) is 8.80. The van der Waals surface area contributed by atoms with Crippen molar-refractivity contribution in [2.75, 3.05) is 0 Å². The molecule has 1 N–H and O–H groups in total. The highest BCUT2D eigenvalue weighted by Crippen LogP contribution is 2.32. The van der Waals surface area contributed by atoms with E-state index in [1.807, 2.05) is 29.6 Å². The first-order valence-corrected chi connectivity index (χ1v) is 10.6. The van der Waals surface area contributed by atoms with Gasteiger partial charge in [-0.05, 0) is 42.0 Å². The van der Waals surface area contributed by atoms with Gasteiger partial charge in [0.1, 0.15) is 0 Å². The lowest BCUT2D eigenvalue weighted by Gasteiger charge is -2.20. The number of carbonyl (C=O) groups is 2. The summed E-state index contributed by atoms with van der Waals surface area (Å²) in [5, 5.41) is 9.27. The monoisotopic (exact) mass is 429 g/mol. The van der Waals surface area contributed by atoms with Crippen molar-refractivity contribution in [2.45, 2.75) is 32.5 Å². The zero-order valence-electron chi connectivity index (χ0n) is 15.6. The summed E-state index contributed by atoms with van der Waals surface area (Å²) in [5.74, 6) is 0.391. The molecule has 1 fully saturated rings. The van der Waals surface area contributed by atoms with Crippen molar-refractivity contribution in [3.63, 3.8) is 0 Å². The molecule has 1 aliphatic rings. The molecule has 4 rings (SSSR count). The molecule has 0 atom stereocenters. The maximum atomic E-state index is 12.6. The van der Waals surface area contributed by atoms with E-state index in [4.69, 9.17) is 16.1 Å². The van der Waals surface area contributed by atoms with Gasteiger partial charge < -0.3 is 14.7 Å². The predicted molar refractivity (Wildman–Crippen MR) is 110 cm³/mol. The Bertz CT molecular complexity index is 998. The fourth-order valence-electron chi connectivity index (χ4n) is 2.99. The van der Waals surface area contributed by atoms with E-state index >= 15 is 0 Å². The number of carbonyl (C=O) groups excluding carboxylic acids is 2. The first-order chi connectivity index (χ1) is 14.1. The van der Waals surface area contributed by atoms with Crippen molar-refractivity contribution in [3.05, 3.63) is 74.8 Å². The van der Waals surface area contributed by atoms with Crippen LogP contribution >= 0.6 is 22.9 Å². The Morgan fingerprint density at radius 2 is 2.07 bits per heavy atom. The third kappa shape index (κ3) is 5.25. The van der Waals surface area contributed by atoms with Gasteiger partial charge in [0, 0.05) is 28.4 Å². The Hall–Kier alpha value is -2.64. The number of amides is 2. The topological polar surface area (TPSA) is 75.4 Å². The van der Waals surface area contributed by atoms with Crippen LogP contribution in [0.5, 0.6) is 0 Å². The van der Waals surface area contributed by atoms with Gasteiger partial charge in [-0.3, -0.25) is 9.59 Å². The third-order valence-corrected chi connectivity index (χ3v) is 5.74. The van der Waals surface area contributed by atoms with Gasteiger partial charge in [0.2, 0.25) is 5.91 Å². The van der Waals surface area contributed by atoms with E-state index in [0.29, 0.717) is 30.4 Å². The van der Waals surface area contributed by atoms with Crippen molar-refractivity contribution in [1.29, 1.82) is 0 Å². The van der Waals surface area contributed by atoms with Crippen molar-refractivity contribution >= 4 is 34.8 Å². The first kappa shape index (κ1) is 19.7. The minimum Gasteiger partial charge on any atom is -0.359 e. The maximum Gasteiger partial charge on any atom is 0.273 e. The number of benzene rings is 1. The lowest BCUT2D eigenvalue weighted by molar-refractivity contribution is -0.134. The highest BCUT2D eigenvalue weighted by atomic mass is 35.5. The molecule has 8 heteroatoms. The Balaban J connectivity index is 1.38. The molecule has 1 aliphatic carbocycles. The van der Waals surface area contributed by atoms with Gasteiger partial charge in [-0.25, -0.2) is 0 Å². The van der Waals surface area contributed by atoms with Crippen molar-refractivity contribution < 1.29 is 14.1 Å². The standard InChI is InChI=1S/C21H20ClN3O3S/c22-16-4-1-3-14(9-16)11-23-20(26)19-10-17(28-24-19)12-25(21(27)15-6-7-15)13-18-5-2-8-29-18/h1-5,8-10,15H,6-7,11-13H2,(H,23,26). The fourth-order valence-corrected chi connectivity index (χ4v) is 3.93. The van der Waals surface area contributed by atoms with Gasteiger partial charge in [0.25, 0.3) is 5.91 Å². The van der Waals surface area contributed by atoms with E-state index in [1.165, 1.54) is 0 Å². The van der Waals surface area contributed by atoms with Crippen LogP contribution in [0.25, 0.3) is 0 Å². The predicted octanol–water partition coefficient (Wildman–Crippen LogP) is 4.26. The van der Waals surface area contributed by atoms with Crippen molar-refractivity contribution in [1.82, 2.24) is 15.4 Å². The van der Waals surface area contributed by atoms with E-state index in [0.717, 1.165) is 23.3 Å². The largest absolute Gasteiger partial charge is 0.359 e. The van der Waals surface area contributed by atoms with Gasteiger partial charge in [-0.2, -0.15) is 0 Å². The summed E-state index contributed by atoms with van der Waals surface area (Å²) in [6.07, 6.45) is 1.88. The summed E-state index contributed by atoms with van der Waals surface area (Å²) in [4.78, 5) is 27.9. The third-order valence-electron chi connectivity index (χ3n) is 4.65. The quantitative estimate of drug-likeness (QED) is 0.580. The zero-order chi connectivity index (χ0) is 20.2. The molecule has 29 heavy (non-hydrogen) atoms. The normalized spacial score (nSPS) is 13.3. The smallest absolute Gasteiger partial charge is 0.273 e. The molecule has 2 aromatic heterocycles. The maximum absolute atomic E-state index is 12.6. The van der Waals surface area contributed by atoms with E-state index in [2.05, 4.69) is 10.5 Å². The molecule has 1 aromatic carbocycles. The number of rotatable bonds is 8. The number of nitrogens with one attached hydrogen (secondary N) is 1. The molecular formula is C21H20ClN3O3S. The second-order valence-corrected chi connectivity index (χ2v) is 8.51. The van der Waals surface area contributed by atoms with Crippen LogP contribution in [0.4, 0.5) is 0 Å². The van der Waals surface area contributed by atoms with Gasteiger partial charge in [-0.15, -0.1) is 11.3 Å². The van der Waals surface area contributed by atoms with E-state index < -0.39 is 0 Å². The molecule has 3 aromatic rings. The van der Waals surface area contributed by atoms with Crippen molar-refractivity contribution in [3.8, 4) is 0 Å². The lowest BCUT2D eigenvalue weighted by atomic mass is 10.2. The van der Waals surface area contributed by atoms with Crippen LogP contribution in [0.15, 0.2) is 52.4 Å². The molecule has 0 unspecified atom stereocenters. The molecule has 0 radical (unpaired) electrons. The molecule has 2 amide bonds. The first-order valence-electron chi connectivity index (χ1n) is 9.38. The highest BCUT2D eigenvalue weighted by Gasteiger charge is 2.34. The summed E-state index contributed by atoms with van der Waals surface area (Å²) in [6, 6.07) is 12.9. The van der Waals surface area contributed by atoms with Gasteiger partial charge >= 0.3 is 0 Å². The van der Waals surface area contributed by atoms with Crippen molar-refractivity contribution in [2.24, 2.45) is 5.92 Å². The van der Waals surface area contributed by atoms with E-state index in [9.17, 15) is 9.59 Å². The molecular weight excluding hydrogens is 410 g/mol. The van der Waals surface area contributed by atoms with Crippen LogP contribution in [0.1, 0.15) is 39.5 Å².